The van der Waals surface area contributed by atoms with Gasteiger partial charge in [0.1, 0.15) is 0 Å². The molecule has 0 amide bonds. The van der Waals surface area contributed by atoms with Crippen molar-refractivity contribution in [2.24, 2.45) is 0 Å². The Bertz CT molecular complexity index is 443. The Balaban J connectivity index is 2.66. The number of nitrogens with one attached hydrogen (secondary N) is 1. The minimum Gasteiger partial charge on any atom is -0.383 e. The van der Waals surface area contributed by atoms with Crippen LogP contribution in [0.4, 0.5) is 0 Å². The standard InChI is InChI=1S/C17H29BrN2O/c1-13(12-21-6)20(5)11-15-8-7-14(9-16(15)18)10-19-17(2,3)4/h7-9,13,19H,10-12H2,1-6H3. The lowest BCUT2D eigenvalue weighted by Gasteiger charge is -2.25. The molecule has 21 heavy (non-hydrogen) atoms. The summed E-state index contributed by atoms with van der Waals surface area (Å²) >= 11 is 3.70. The molecule has 0 aliphatic carbocycles. The Labute approximate surface area is 138 Å². The van der Waals surface area contributed by atoms with Crippen LogP contribution in [0.5, 0.6) is 0 Å². The third-order valence-electron chi connectivity index (χ3n) is 3.52. The minimum absolute atomic E-state index is 0.140. The van der Waals surface area contributed by atoms with Crippen LogP contribution >= 0.6 is 15.9 Å². The highest BCUT2D eigenvalue weighted by molar-refractivity contribution is 9.10. The first-order chi connectivity index (χ1) is 9.73. The SMILES string of the molecule is COCC(C)N(C)Cc1ccc(CNC(C)(C)C)cc1Br. The maximum absolute atomic E-state index is 5.21. The van der Waals surface area contributed by atoms with Crippen LogP contribution in [0.25, 0.3) is 0 Å². The molecule has 0 radical (unpaired) electrons. The molecule has 120 valence electrons. The molecule has 1 aromatic rings. The lowest BCUT2D eigenvalue weighted by atomic mass is 10.1. The zero-order valence-corrected chi connectivity index (χ0v) is 15.8. The Morgan fingerprint density at radius 3 is 2.52 bits per heavy atom. The van der Waals surface area contributed by atoms with Gasteiger partial charge in [-0.1, -0.05) is 28.1 Å². The molecule has 1 aromatic carbocycles. The van der Waals surface area contributed by atoms with Crippen molar-refractivity contribution < 1.29 is 4.74 Å². The second-order valence-corrected chi connectivity index (χ2v) is 7.60. The molecule has 0 aromatic heterocycles. The molecular formula is C17H29BrN2O. The van der Waals surface area contributed by atoms with Crippen molar-refractivity contribution in [3.05, 3.63) is 33.8 Å². The highest BCUT2D eigenvalue weighted by atomic mass is 79.9. The lowest BCUT2D eigenvalue weighted by Crippen LogP contribution is -2.35. The van der Waals surface area contributed by atoms with E-state index in [1.165, 1.54) is 15.6 Å². The van der Waals surface area contributed by atoms with Crippen molar-refractivity contribution in [2.45, 2.75) is 52.4 Å². The van der Waals surface area contributed by atoms with Crippen LogP contribution in [0, 0.1) is 0 Å². The summed E-state index contributed by atoms with van der Waals surface area (Å²) in [5.74, 6) is 0. The second kappa shape index (κ2) is 8.28. The number of benzene rings is 1. The largest absolute Gasteiger partial charge is 0.383 e. The zero-order chi connectivity index (χ0) is 16.0. The molecule has 0 heterocycles. The van der Waals surface area contributed by atoms with Crippen LogP contribution in [0.15, 0.2) is 22.7 Å². The summed E-state index contributed by atoms with van der Waals surface area (Å²) in [5.41, 5.74) is 2.74. The van der Waals surface area contributed by atoms with Crippen molar-refractivity contribution in [2.75, 3.05) is 20.8 Å². The highest BCUT2D eigenvalue weighted by Gasteiger charge is 2.12. The van der Waals surface area contributed by atoms with Gasteiger partial charge in [0.25, 0.3) is 0 Å². The van der Waals surface area contributed by atoms with Gasteiger partial charge in [0.05, 0.1) is 6.61 Å². The summed E-state index contributed by atoms with van der Waals surface area (Å²) < 4.78 is 6.39. The van der Waals surface area contributed by atoms with Gasteiger partial charge < -0.3 is 10.1 Å². The molecule has 1 unspecified atom stereocenters. The van der Waals surface area contributed by atoms with E-state index in [0.29, 0.717) is 6.04 Å². The monoisotopic (exact) mass is 356 g/mol. The number of likely N-dealkylation sites (N-methyl/N-ethyl adjacent to an activating group) is 1. The topological polar surface area (TPSA) is 24.5 Å². The fourth-order valence-corrected chi connectivity index (χ4v) is 2.54. The fraction of sp³-hybridized carbons (Fsp3) is 0.647. The van der Waals surface area contributed by atoms with E-state index in [-0.39, 0.29) is 5.54 Å². The van der Waals surface area contributed by atoms with Gasteiger partial charge in [-0.3, -0.25) is 4.90 Å². The van der Waals surface area contributed by atoms with Gasteiger partial charge in [0.2, 0.25) is 0 Å². The van der Waals surface area contributed by atoms with E-state index in [2.05, 4.69) is 79.1 Å². The molecule has 1 N–H and O–H groups in total. The molecule has 3 nitrogen and oxygen atoms in total. The smallest absolute Gasteiger partial charge is 0.0615 e. The fourth-order valence-electron chi connectivity index (χ4n) is 1.99. The molecule has 0 spiro atoms. The molecular weight excluding hydrogens is 328 g/mol. The summed E-state index contributed by atoms with van der Waals surface area (Å²) in [4.78, 5) is 2.30. The van der Waals surface area contributed by atoms with Crippen molar-refractivity contribution in [1.82, 2.24) is 10.2 Å². The zero-order valence-electron chi connectivity index (χ0n) is 14.2. The molecule has 0 fully saturated rings. The third kappa shape index (κ3) is 6.92. The number of halogens is 1. The Morgan fingerprint density at radius 1 is 1.33 bits per heavy atom. The molecule has 1 rings (SSSR count). The first kappa shape index (κ1) is 18.6. The number of hydrogen-bond acceptors (Lipinski definition) is 3. The van der Waals surface area contributed by atoms with Gasteiger partial charge in [-0.15, -0.1) is 0 Å². The maximum atomic E-state index is 5.21. The number of ether oxygens (including phenoxy) is 1. The first-order valence-corrected chi connectivity index (χ1v) is 8.23. The van der Waals surface area contributed by atoms with Crippen LogP contribution in [0.1, 0.15) is 38.8 Å². The highest BCUT2D eigenvalue weighted by Crippen LogP contribution is 2.21. The predicted molar refractivity (Wildman–Crippen MR) is 93.5 cm³/mol. The molecule has 0 bridgehead atoms. The van der Waals surface area contributed by atoms with E-state index in [1.807, 2.05) is 0 Å². The third-order valence-corrected chi connectivity index (χ3v) is 4.26. The molecule has 4 heteroatoms. The Kier molecular flexibility index (Phi) is 7.34. The quantitative estimate of drug-likeness (QED) is 0.803. The summed E-state index contributed by atoms with van der Waals surface area (Å²) in [7, 11) is 3.88. The van der Waals surface area contributed by atoms with Gasteiger partial charge in [0, 0.05) is 36.3 Å². The van der Waals surface area contributed by atoms with Gasteiger partial charge in [-0.05, 0) is 51.9 Å². The maximum Gasteiger partial charge on any atom is 0.0615 e. The summed E-state index contributed by atoms with van der Waals surface area (Å²) in [6.07, 6.45) is 0. The molecule has 0 saturated carbocycles. The minimum atomic E-state index is 0.140. The molecule has 0 aliphatic heterocycles. The van der Waals surface area contributed by atoms with Crippen LogP contribution in [-0.4, -0.2) is 37.2 Å². The predicted octanol–water partition coefficient (Wildman–Crippen LogP) is 3.80. The van der Waals surface area contributed by atoms with Crippen molar-refractivity contribution in [3.63, 3.8) is 0 Å². The van der Waals surface area contributed by atoms with Crippen molar-refractivity contribution in [3.8, 4) is 0 Å². The number of nitrogens with zero attached hydrogens (tertiary/aromatic N) is 1. The van der Waals surface area contributed by atoms with E-state index in [4.69, 9.17) is 4.74 Å². The molecule has 0 saturated heterocycles. The normalized spacial score (nSPS) is 13.7. The van der Waals surface area contributed by atoms with Crippen LogP contribution in [0.2, 0.25) is 0 Å². The van der Waals surface area contributed by atoms with Crippen molar-refractivity contribution >= 4 is 15.9 Å². The second-order valence-electron chi connectivity index (χ2n) is 6.75. The van der Waals surface area contributed by atoms with Gasteiger partial charge in [-0.25, -0.2) is 0 Å². The van der Waals surface area contributed by atoms with Gasteiger partial charge in [-0.2, -0.15) is 0 Å². The summed E-state index contributed by atoms with van der Waals surface area (Å²) in [6, 6.07) is 7.03. The van der Waals surface area contributed by atoms with E-state index >= 15 is 0 Å². The number of rotatable bonds is 7. The number of methoxy groups -OCH3 is 1. The molecule has 1 atom stereocenters. The lowest BCUT2D eigenvalue weighted by molar-refractivity contribution is 0.112. The van der Waals surface area contributed by atoms with Crippen molar-refractivity contribution in [1.29, 1.82) is 0 Å². The van der Waals surface area contributed by atoms with E-state index in [9.17, 15) is 0 Å². The number of hydrogen-bond donors (Lipinski definition) is 1. The summed E-state index contributed by atoms with van der Waals surface area (Å²) in [5, 5.41) is 3.51. The van der Waals surface area contributed by atoms with E-state index in [1.54, 1.807) is 7.11 Å². The summed E-state index contributed by atoms with van der Waals surface area (Å²) in [6.45, 7) is 11.3. The van der Waals surface area contributed by atoms with Gasteiger partial charge >= 0.3 is 0 Å². The Morgan fingerprint density at radius 2 is 2.00 bits per heavy atom. The first-order valence-electron chi connectivity index (χ1n) is 7.44. The Hall–Kier alpha value is -0.420. The van der Waals surface area contributed by atoms with E-state index in [0.717, 1.165) is 19.7 Å². The van der Waals surface area contributed by atoms with E-state index < -0.39 is 0 Å². The average Bonchev–Trinajstić information content (AvgIpc) is 2.38. The van der Waals surface area contributed by atoms with Gasteiger partial charge in [0.15, 0.2) is 0 Å². The van der Waals surface area contributed by atoms with Crippen LogP contribution < -0.4 is 5.32 Å². The van der Waals surface area contributed by atoms with Crippen LogP contribution in [0.3, 0.4) is 0 Å². The molecule has 0 aliphatic rings. The van der Waals surface area contributed by atoms with Crippen LogP contribution in [-0.2, 0) is 17.8 Å². The average molecular weight is 357 g/mol.